The van der Waals surface area contributed by atoms with Crippen molar-refractivity contribution in [3.8, 4) is 0 Å². The number of thioether (sulfide) groups is 1. The Morgan fingerprint density at radius 3 is 3.07 bits per heavy atom. The maximum absolute atomic E-state index is 4.05. The van der Waals surface area contributed by atoms with E-state index in [-0.39, 0.29) is 0 Å². The molecule has 0 radical (unpaired) electrons. The zero-order valence-corrected chi connectivity index (χ0v) is 9.96. The number of aromatic nitrogens is 2. The van der Waals surface area contributed by atoms with Gasteiger partial charge in [0.2, 0.25) is 5.13 Å². The van der Waals surface area contributed by atoms with Gasteiger partial charge in [0.1, 0.15) is 5.01 Å². The van der Waals surface area contributed by atoms with Crippen LogP contribution in [0.5, 0.6) is 0 Å². The lowest BCUT2D eigenvalue weighted by atomic mass is 10.1. The van der Waals surface area contributed by atoms with Crippen LogP contribution in [-0.2, 0) is 0 Å². The van der Waals surface area contributed by atoms with Gasteiger partial charge >= 0.3 is 0 Å². The van der Waals surface area contributed by atoms with E-state index in [9.17, 15) is 0 Å². The fourth-order valence-electron chi connectivity index (χ4n) is 1.57. The molecule has 2 rings (SSSR count). The van der Waals surface area contributed by atoms with Gasteiger partial charge in [-0.3, -0.25) is 0 Å². The van der Waals surface area contributed by atoms with Crippen LogP contribution < -0.4 is 5.32 Å². The highest BCUT2D eigenvalue weighted by Crippen LogP contribution is 2.23. The second-order valence-electron chi connectivity index (χ2n) is 3.59. The van der Waals surface area contributed by atoms with E-state index in [1.807, 2.05) is 6.92 Å². The molecule has 14 heavy (non-hydrogen) atoms. The van der Waals surface area contributed by atoms with Gasteiger partial charge in [-0.15, -0.1) is 10.2 Å². The van der Waals surface area contributed by atoms with E-state index in [0.717, 1.165) is 22.6 Å². The first-order valence-electron chi connectivity index (χ1n) is 4.96. The zero-order valence-electron chi connectivity index (χ0n) is 8.32. The first-order valence-corrected chi connectivity index (χ1v) is 6.93. The monoisotopic (exact) mass is 229 g/mol. The highest BCUT2D eigenvalue weighted by Gasteiger charge is 2.13. The van der Waals surface area contributed by atoms with Crippen molar-refractivity contribution in [3.63, 3.8) is 0 Å². The van der Waals surface area contributed by atoms with E-state index in [0.29, 0.717) is 0 Å². The molecule has 1 unspecified atom stereocenters. The van der Waals surface area contributed by atoms with Gasteiger partial charge < -0.3 is 5.32 Å². The van der Waals surface area contributed by atoms with Gasteiger partial charge in [-0.2, -0.15) is 11.8 Å². The number of nitrogens with zero attached hydrogens (tertiary/aromatic N) is 2. The molecule has 1 aliphatic rings. The largest absolute Gasteiger partial charge is 0.360 e. The smallest absolute Gasteiger partial charge is 0.205 e. The predicted molar refractivity (Wildman–Crippen MR) is 63.2 cm³/mol. The normalized spacial score (nSPS) is 22.2. The Bertz CT molecular complexity index is 281. The number of rotatable bonds is 3. The number of aryl methyl sites for hydroxylation is 1. The van der Waals surface area contributed by atoms with Gasteiger partial charge in [0.05, 0.1) is 0 Å². The van der Waals surface area contributed by atoms with Gasteiger partial charge in [0.25, 0.3) is 0 Å². The Hall–Kier alpha value is -0.290. The molecule has 0 amide bonds. The van der Waals surface area contributed by atoms with Gasteiger partial charge in [-0.1, -0.05) is 11.3 Å². The molecule has 1 aromatic heterocycles. The first-order chi connectivity index (χ1) is 6.84. The van der Waals surface area contributed by atoms with Crippen molar-refractivity contribution < 1.29 is 0 Å². The number of nitrogens with one attached hydrogen (secondary N) is 1. The van der Waals surface area contributed by atoms with Gasteiger partial charge in [-0.25, -0.2) is 0 Å². The predicted octanol–water partition coefficient (Wildman–Crippen LogP) is 2.40. The highest BCUT2D eigenvalue weighted by molar-refractivity contribution is 7.99. The Morgan fingerprint density at radius 1 is 1.50 bits per heavy atom. The summed E-state index contributed by atoms with van der Waals surface area (Å²) in [5, 5.41) is 13.4. The first kappa shape index (κ1) is 10.2. The Morgan fingerprint density at radius 2 is 2.43 bits per heavy atom. The molecule has 0 spiro atoms. The lowest BCUT2D eigenvalue weighted by molar-refractivity contribution is 0.548. The SMILES string of the molecule is Cc1nnc(NCC2CCCSC2)s1. The van der Waals surface area contributed by atoms with Crippen molar-refractivity contribution in [3.05, 3.63) is 5.01 Å². The van der Waals surface area contributed by atoms with Crippen LogP contribution >= 0.6 is 23.1 Å². The minimum atomic E-state index is 0.818. The third kappa shape index (κ3) is 2.85. The summed E-state index contributed by atoms with van der Waals surface area (Å²) in [5.41, 5.74) is 0. The third-order valence-electron chi connectivity index (χ3n) is 2.32. The molecule has 0 aromatic carbocycles. The minimum absolute atomic E-state index is 0.818. The van der Waals surface area contributed by atoms with E-state index in [2.05, 4.69) is 27.3 Å². The lowest BCUT2D eigenvalue weighted by Gasteiger charge is -2.20. The summed E-state index contributed by atoms with van der Waals surface area (Å²) in [6.45, 7) is 3.04. The summed E-state index contributed by atoms with van der Waals surface area (Å²) in [6.07, 6.45) is 2.73. The van der Waals surface area contributed by atoms with E-state index >= 15 is 0 Å². The van der Waals surface area contributed by atoms with Crippen molar-refractivity contribution in [2.75, 3.05) is 23.4 Å². The molecule has 78 valence electrons. The van der Waals surface area contributed by atoms with E-state index in [1.54, 1.807) is 11.3 Å². The summed E-state index contributed by atoms with van der Waals surface area (Å²) in [7, 11) is 0. The fraction of sp³-hybridized carbons (Fsp3) is 0.778. The zero-order chi connectivity index (χ0) is 9.80. The van der Waals surface area contributed by atoms with Crippen LogP contribution in [0.15, 0.2) is 0 Å². The van der Waals surface area contributed by atoms with Crippen molar-refractivity contribution in [2.24, 2.45) is 5.92 Å². The molecule has 1 fully saturated rings. The average molecular weight is 229 g/mol. The van der Waals surface area contributed by atoms with Crippen LogP contribution in [0.3, 0.4) is 0 Å². The van der Waals surface area contributed by atoms with Crippen LogP contribution in [0.2, 0.25) is 0 Å². The highest BCUT2D eigenvalue weighted by atomic mass is 32.2. The topological polar surface area (TPSA) is 37.8 Å². The Labute approximate surface area is 92.7 Å². The molecule has 1 aromatic rings. The fourth-order valence-corrected chi connectivity index (χ4v) is 3.32. The number of hydrogen-bond donors (Lipinski definition) is 1. The van der Waals surface area contributed by atoms with E-state index in [1.165, 1.54) is 24.3 Å². The maximum atomic E-state index is 4.05. The van der Waals surface area contributed by atoms with Crippen LogP contribution in [0.4, 0.5) is 5.13 Å². The maximum Gasteiger partial charge on any atom is 0.205 e. The number of hydrogen-bond acceptors (Lipinski definition) is 5. The molecule has 5 heteroatoms. The summed E-state index contributed by atoms with van der Waals surface area (Å²) in [4.78, 5) is 0. The molecule has 1 saturated heterocycles. The summed E-state index contributed by atoms with van der Waals surface area (Å²) in [6, 6.07) is 0. The summed E-state index contributed by atoms with van der Waals surface area (Å²) in [5.74, 6) is 3.46. The third-order valence-corrected chi connectivity index (χ3v) is 4.40. The van der Waals surface area contributed by atoms with Crippen LogP contribution in [0.1, 0.15) is 17.8 Å². The quantitative estimate of drug-likeness (QED) is 0.863. The Kier molecular flexibility index (Phi) is 3.64. The van der Waals surface area contributed by atoms with E-state index < -0.39 is 0 Å². The number of anilines is 1. The van der Waals surface area contributed by atoms with Crippen LogP contribution in [-0.4, -0.2) is 28.2 Å². The molecule has 0 aliphatic carbocycles. The summed E-state index contributed by atoms with van der Waals surface area (Å²) >= 11 is 3.71. The molecule has 0 bridgehead atoms. The minimum Gasteiger partial charge on any atom is -0.360 e. The molecule has 2 heterocycles. The molecular weight excluding hydrogens is 214 g/mol. The molecule has 1 N–H and O–H groups in total. The van der Waals surface area contributed by atoms with Gasteiger partial charge in [-0.05, 0) is 37.2 Å². The van der Waals surface area contributed by atoms with Crippen LogP contribution in [0.25, 0.3) is 0 Å². The summed E-state index contributed by atoms with van der Waals surface area (Å²) < 4.78 is 0. The Balaban J connectivity index is 1.76. The van der Waals surface area contributed by atoms with Crippen molar-refractivity contribution in [1.29, 1.82) is 0 Å². The molecule has 3 nitrogen and oxygen atoms in total. The molecule has 1 aliphatic heterocycles. The van der Waals surface area contributed by atoms with Crippen molar-refractivity contribution in [2.45, 2.75) is 19.8 Å². The van der Waals surface area contributed by atoms with Crippen molar-refractivity contribution in [1.82, 2.24) is 10.2 Å². The van der Waals surface area contributed by atoms with Gasteiger partial charge in [0.15, 0.2) is 0 Å². The van der Waals surface area contributed by atoms with Crippen LogP contribution in [0, 0.1) is 12.8 Å². The molecular formula is C9H15N3S2. The average Bonchev–Trinajstić information content (AvgIpc) is 2.63. The standard InChI is InChI=1S/C9H15N3S2/c1-7-11-12-9(14-7)10-5-8-3-2-4-13-6-8/h8H,2-6H2,1H3,(H,10,12). The molecule has 0 saturated carbocycles. The van der Waals surface area contributed by atoms with E-state index in [4.69, 9.17) is 0 Å². The second-order valence-corrected chi connectivity index (χ2v) is 5.92. The lowest BCUT2D eigenvalue weighted by Crippen LogP contribution is -2.19. The molecule has 1 atom stereocenters. The van der Waals surface area contributed by atoms with Crippen molar-refractivity contribution >= 4 is 28.2 Å². The van der Waals surface area contributed by atoms with Gasteiger partial charge in [0, 0.05) is 6.54 Å². The second kappa shape index (κ2) is 4.98.